The molecular formula is C12H13N3O3. The van der Waals surface area contributed by atoms with Crippen molar-refractivity contribution in [3.05, 3.63) is 62.7 Å². The van der Waals surface area contributed by atoms with Gasteiger partial charge in [0.2, 0.25) is 0 Å². The largest absolute Gasteiger partial charge is 0.366 e. The van der Waals surface area contributed by atoms with Gasteiger partial charge in [0.25, 0.3) is 0 Å². The fraction of sp³-hybridized carbons (Fsp3) is 0.250. The van der Waals surface area contributed by atoms with Crippen molar-refractivity contribution in [1.82, 2.24) is 15.0 Å². The molecule has 0 radical (unpaired) electrons. The Morgan fingerprint density at radius 1 is 1.22 bits per heavy atom. The molecule has 1 atom stereocenters. The fourth-order valence-electron chi connectivity index (χ4n) is 1.48. The van der Waals surface area contributed by atoms with E-state index >= 15 is 0 Å². The van der Waals surface area contributed by atoms with Crippen LogP contribution in [0.4, 0.5) is 0 Å². The highest BCUT2D eigenvalue weighted by Crippen LogP contribution is 2.12. The Hall–Kier alpha value is -2.21. The number of nitrogens with zero attached hydrogens (tertiary/aromatic N) is 1. The molecule has 0 saturated carbocycles. The Morgan fingerprint density at radius 2 is 1.94 bits per heavy atom. The van der Waals surface area contributed by atoms with Gasteiger partial charge in [-0.05, 0) is 12.5 Å². The summed E-state index contributed by atoms with van der Waals surface area (Å²) < 4.78 is 5.54. The molecule has 2 N–H and O–H groups in total. The van der Waals surface area contributed by atoms with Crippen molar-refractivity contribution in [3.63, 3.8) is 0 Å². The molecule has 0 amide bonds. The number of nitrogens with one attached hydrogen (secondary N) is 2. The highest BCUT2D eigenvalue weighted by atomic mass is 16.5. The summed E-state index contributed by atoms with van der Waals surface area (Å²) in [6, 6.07) is 9.61. The molecule has 94 valence electrons. The molecule has 6 nitrogen and oxygen atoms in total. The summed E-state index contributed by atoms with van der Waals surface area (Å²) in [4.78, 5) is 30.2. The Balaban J connectivity index is 2.06. The summed E-state index contributed by atoms with van der Waals surface area (Å²) in [6.45, 7) is 2.11. The Labute approximate surface area is 103 Å². The van der Waals surface area contributed by atoms with E-state index in [9.17, 15) is 9.59 Å². The lowest BCUT2D eigenvalue weighted by atomic mass is 10.2. The molecule has 1 aromatic carbocycles. The van der Waals surface area contributed by atoms with Crippen LogP contribution in [0.3, 0.4) is 0 Å². The molecule has 6 heteroatoms. The topological polar surface area (TPSA) is 87.8 Å². The second kappa shape index (κ2) is 5.42. The van der Waals surface area contributed by atoms with Crippen LogP contribution in [0.1, 0.15) is 24.4 Å². The maximum absolute atomic E-state index is 11.1. The third kappa shape index (κ3) is 3.14. The van der Waals surface area contributed by atoms with Crippen LogP contribution in [0.25, 0.3) is 0 Å². The van der Waals surface area contributed by atoms with Crippen LogP contribution in [0.15, 0.2) is 39.9 Å². The van der Waals surface area contributed by atoms with Crippen LogP contribution in [0.2, 0.25) is 0 Å². The van der Waals surface area contributed by atoms with Gasteiger partial charge in [0, 0.05) is 0 Å². The molecule has 2 aromatic rings. The molecule has 0 spiro atoms. The lowest BCUT2D eigenvalue weighted by molar-refractivity contribution is 0.0461. The first-order valence-corrected chi connectivity index (χ1v) is 5.51. The van der Waals surface area contributed by atoms with Crippen molar-refractivity contribution < 1.29 is 4.74 Å². The molecule has 0 bridgehead atoms. The average molecular weight is 247 g/mol. The number of hydrogen-bond donors (Lipinski definition) is 2. The first kappa shape index (κ1) is 12.3. The third-order valence-corrected chi connectivity index (χ3v) is 2.41. The van der Waals surface area contributed by atoms with Gasteiger partial charge >= 0.3 is 11.4 Å². The summed E-state index contributed by atoms with van der Waals surface area (Å²) in [5.41, 5.74) is -0.249. The monoisotopic (exact) mass is 247 g/mol. The summed E-state index contributed by atoms with van der Waals surface area (Å²) in [5.74, 6) is 0.222. The summed E-state index contributed by atoms with van der Waals surface area (Å²) in [5, 5.41) is 0. The minimum atomic E-state index is -0.677. The average Bonchev–Trinajstić information content (AvgIpc) is 2.36. The highest BCUT2D eigenvalue weighted by Gasteiger charge is 2.09. The molecule has 2 rings (SSSR count). The molecule has 0 aliphatic heterocycles. The quantitative estimate of drug-likeness (QED) is 0.834. The van der Waals surface area contributed by atoms with Gasteiger partial charge in [0.15, 0.2) is 0 Å². The Morgan fingerprint density at radius 3 is 2.61 bits per heavy atom. The molecule has 1 aromatic heterocycles. The third-order valence-electron chi connectivity index (χ3n) is 2.41. The standard InChI is InChI=1S/C12H13N3O3/c1-8(10-13-11(16)15-12(17)14-10)18-7-9-5-3-2-4-6-9/h2-6,8H,7H2,1H3,(H2,13,14,15,16,17). The highest BCUT2D eigenvalue weighted by molar-refractivity contribution is 5.13. The second-order valence-corrected chi connectivity index (χ2v) is 3.82. The summed E-state index contributed by atoms with van der Waals surface area (Å²) in [6.07, 6.45) is -0.458. The number of benzene rings is 1. The maximum Gasteiger partial charge on any atom is 0.350 e. The number of hydrogen-bond acceptors (Lipinski definition) is 4. The van der Waals surface area contributed by atoms with E-state index in [-0.39, 0.29) is 5.82 Å². The van der Waals surface area contributed by atoms with Crippen molar-refractivity contribution in [2.45, 2.75) is 19.6 Å². The van der Waals surface area contributed by atoms with E-state index in [4.69, 9.17) is 4.74 Å². The zero-order valence-electron chi connectivity index (χ0n) is 9.84. The molecule has 0 saturated heterocycles. The number of ether oxygens (including phenoxy) is 1. The predicted molar refractivity (Wildman–Crippen MR) is 65.1 cm³/mol. The summed E-state index contributed by atoms with van der Waals surface area (Å²) >= 11 is 0. The zero-order valence-corrected chi connectivity index (χ0v) is 9.84. The van der Waals surface area contributed by atoms with Crippen LogP contribution in [-0.4, -0.2) is 15.0 Å². The van der Waals surface area contributed by atoms with Crippen molar-refractivity contribution in [3.8, 4) is 0 Å². The van der Waals surface area contributed by atoms with E-state index in [0.717, 1.165) is 5.56 Å². The molecule has 1 heterocycles. The molecule has 1 unspecified atom stereocenters. The summed E-state index contributed by atoms with van der Waals surface area (Å²) in [7, 11) is 0. The zero-order chi connectivity index (χ0) is 13.0. The van der Waals surface area contributed by atoms with Gasteiger partial charge in [-0.2, -0.15) is 4.98 Å². The molecule has 18 heavy (non-hydrogen) atoms. The van der Waals surface area contributed by atoms with Crippen molar-refractivity contribution in [2.24, 2.45) is 0 Å². The van der Waals surface area contributed by atoms with E-state index in [1.165, 1.54) is 0 Å². The van der Waals surface area contributed by atoms with Gasteiger partial charge in [-0.15, -0.1) is 0 Å². The van der Waals surface area contributed by atoms with Gasteiger partial charge in [-0.25, -0.2) is 9.59 Å². The fourth-order valence-corrected chi connectivity index (χ4v) is 1.48. The number of aromatic amines is 2. The van der Waals surface area contributed by atoms with Gasteiger partial charge in [-0.3, -0.25) is 9.97 Å². The van der Waals surface area contributed by atoms with E-state index in [1.54, 1.807) is 6.92 Å². The first-order valence-electron chi connectivity index (χ1n) is 5.51. The van der Waals surface area contributed by atoms with E-state index in [1.807, 2.05) is 35.3 Å². The van der Waals surface area contributed by atoms with Crippen molar-refractivity contribution >= 4 is 0 Å². The van der Waals surface area contributed by atoms with Crippen LogP contribution in [0.5, 0.6) is 0 Å². The lowest BCUT2D eigenvalue weighted by Gasteiger charge is -2.11. The minimum absolute atomic E-state index is 0.222. The minimum Gasteiger partial charge on any atom is -0.366 e. The second-order valence-electron chi connectivity index (χ2n) is 3.82. The molecular weight excluding hydrogens is 234 g/mol. The SMILES string of the molecule is CC(OCc1ccccc1)c1nc(=O)[nH]c(=O)[nH]1. The molecule has 0 aliphatic carbocycles. The van der Waals surface area contributed by atoms with Crippen LogP contribution >= 0.6 is 0 Å². The van der Waals surface area contributed by atoms with E-state index in [0.29, 0.717) is 6.61 Å². The maximum atomic E-state index is 11.1. The van der Waals surface area contributed by atoms with Gasteiger partial charge < -0.3 is 4.74 Å². The van der Waals surface area contributed by atoms with Crippen LogP contribution < -0.4 is 11.4 Å². The number of rotatable bonds is 4. The van der Waals surface area contributed by atoms with Gasteiger partial charge in [0.05, 0.1) is 6.61 Å². The predicted octanol–water partition coefficient (Wildman–Crippen LogP) is 0.736. The lowest BCUT2D eigenvalue weighted by Crippen LogP contribution is -2.28. The Kier molecular flexibility index (Phi) is 3.69. The van der Waals surface area contributed by atoms with Crippen LogP contribution in [-0.2, 0) is 11.3 Å². The van der Waals surface area contributed by atoms with Gasteiger partial charge in [0.1, 0.15) is 11.9 Å². The number of H-pyrrole nitrogens is 2. The van der Waals surface area contributed by atoms with Crippen molar-refractivity contribution in [2.75, 3.05) is 0 Å². The van der Waals surface area contributed by atoms with Crippen LogP contribution in [0, 0.1) is 0 Å². The van der Waals surface area contributed by atoms with Gasteiger partial charge in [-0.1, -0.05) is 30.3 Å². The molecule has 0 fully saturated rings. The van der Waals surface area contributed by atoms with E-state index < -0.39 is 17.5 Å². The molecule has 0 aliphatic rings. The normalized spacial score (nSPS) is 12.3. The van der Waals surface area contributed by atoms with E-state index in [2.05, 4.69) is 9.97 Å². The Bertz CT molecular complexity index is 590. The first-order chi connectivity index (χ1) is 8.65. The smallest absolute Gasteiger partial charge is 0.350 e. The number of aromatic nitrogens is 3. The van der Waals surface area contributed by atoms with Crippen molar-refractivity contribution in [1.29, 1.82) is 0 Å².